The van der Waals surface area contributed by atoms with E-state index in [9.17, 15) is 14.4 Å². The molecule has 1 fully saturated rings. The summed E-state index contributed by atoms with van der Waals surface area (Å²) in [7, 11) is 3.38. The summed E-state index contributed by atoms with van der Waals surface area (Å²) in [6, 6.07) is 14.6. The average molecular weight is 379 g/mol. The number of carbonyl (C=O) groups is 3. The van der Waals surface area contributed by atoms with Crippen LogP contribution in [-0.4, -0.2) is 43.3 Å². The maximum absolute atomic E-state index is 12.6. The van der Waals surface area contributed by atoms with Crippen molar-refractivity contribution in [1.82, 2.24) is 4.90 Å². The first-order valence-corrected chi connectivity index (χ1v) is 9.41. The van der Waals surface area contributed by atoms with Gasteiger partial charge in [-0.05, 0) is 48.4 Å². The lowest BCUT2D eigenvalue weighted by molar-refractivity contribution is -0.122. The van der Waals surface area contributed by atoms with E-state index in [0.717, 1.165) is 12.1 Å². The summed E-state index contributed by atoms with van der Waals surface area (Å²) >= 11 is 0. The van der Waals surface area contributed by atoms with E-state index in [4.69, 9.17) is 0 Å². The van der Waals surface area contributed by atoms with Crippen LogP contribution in [0.15, 0.2) is 48.5 Å². The van der Waals surface area contributed by atoms with Crippen LogP contribution in [0.4, 0.5) is 11.4 Å². The lowest BCUT2D eigenvalue weighted by Crippen LogP contribution is -2.28. The normalized spacial score (nSPS) is 16.2. The molecule has 3 rings (SSSR count). The van der Waals surface area contributed by atoms with Crippen LogP contribution in [0, 0.1) is 5.92 Å². The van der Waals surface area contributed by atoms with Gasteiger partial charge >= 0.3 is 0 Å². The first kappa shape index (κ1) is 19.6. The molecule has 1 N–H and O–H groups in total. The van der Waals surface area contributed by atoms with Crippen LogP contribution in [0.3, 0.4) is 0 Å². The van der Waals surface area contributed by atoms with E-state index in [2.05, 4.69) is 12.2 Å². The minimum Gasteiger partial charge on any atom is -0.345 e. The number of benzene rings is 2. The zero-order valence-electron chi connectivity index (χ0n) is 16.4. The number of hydrogen-bond donors (Lipinski definition) is 1. The standard InChI is InChI=1S/C22H25N3O3/c1-4-15-5-11-19(12-6-15)25-14-17(13-20(25)26)21(27)23-18-9-7-16(8-10-18)22(28)24(2)3/h5-12,17H,4,13-14H2,1-3H3,(H,23,27). The highest BCUT2D eigenvalue weighted by molar-refractivity contribution is 6.03. The highest BCUT2D eigenvalue weighted by Gasteiger charge is 2.35. The third-order valence-electron chi connectivity index (χ3n) is 4.96. The quantitative estimate of drug-likeness (QED) is 0.868. The van der Waals surface area contributed by atoms with Crippen LogP contribution >= 0.6 is 0 Å². The summed E-state index contributed by atoms with van der Waals surface area (Å²) in [5.74, 6) is -0.727. The molecule has 0 spiro atoms. The van der Waals surface area contributed by atoms with E-state index in [0.29, 0.717) is 17.8 Å². The van der Waals surface area contributed by atoms with Gasteiger partial charge in [-0.3, -0.25) is 14.4 Å². The molecule has 6 heteroatoms. The zero-order chi connectivity index (χ0) is 20.3. The molecule has 1 unspecified atom stereocenters. The molecule has 0 radical (unpaired) electrons. The second-order valence-electron chi connectivity index (χ2n) is 7.19. The van der Waals surface area contributed by atoms with E-state index >= 15 is 0 Å². The lowest BCUT2D eigenvalue weighted by Gasteiger charge is -2.17. The molecule has 0 saturated carbocycles. The molecule has 2 aromatic rings. The highest BCUT2D eigenvalue weighted by Crippen LogP contribution is 2.26. The Morgan fingerprint density at radius 1 is 1.07 bits per heavy atom. The summed E-state index contributed by atoms with van der Waals surface area (Å²) in [4.78, 5) is 40.1. The van der Waals surface area contributed by atoms with E-state index < -0.39 is 5.92 Å². The largest absolute Gasteiger partial charge is 0.345 e. The topological polar surface area (TPSA) is 69.7 Å². The molecular weight excluding hydrogens is 354 g/mol. The molecular formula is C22H25N3O3. The van der Waals surface area contributed by atoms with Crippen LogP contribution in [0.5, 0.6) is 0 Å². The van der Waals surface area contributed by atoms with E-state index in [1.807, 2.05) is 24.3 Å². The Labute approximate surface area is 165 Å². The van der Waals surface area contributed by atoms with Gasteiger partial charge in [0.2, 0.25) is 11.8 Å². The van der Waals surface area contributed by atoms with Gasteiger partial charge in [0.15, 0.2) is 0 Å². The van der Waals surface area contributed by atoms with Crippen molar-refractivity contribution in [2.75, 3.05) is 30.9 Å². The number of hydrogen-bond acceptors (Lipinski definition) is 3. The maximum Gasteiger partial charge on any atom is 0.253 e. The number of aryl methyl sites for hydroxylation is 1. The summed E-state index contributed by atoms with van der Waals surface area (Å²) in [5.41, 5.74) is 3.20. The predicted molar refractivity (Wildman–Crippen MR) is 109 cm³/mol. The molecule has 3 amide bonds. The van der Waals surface area contributed by atoms with Crippen molar-refractivity contribution < 1.29 is 14.4 Å². The smallest absolute Gasteiger partial charge is 0.253 e. The molecule has 0 bridgehead atoms. The Bertz CT molecular complexity index is 873. The Kier molecular flexibility index (Phi) is 5.78. The van der Waals surface area contributed by atoms with Crippen LogP contribution < -0.4 is 10.2 Å². The van der Waals surface area contributed by atoms with Gasteiger partial charge < -0.3 is 15.1 Å². The van der Waals surface area contributed by atoms with E-state index in [-0.39, 0.29) is 24.1 Å². The van der Waals surface area contributed by atoms with Crippen LogP contribution in [-0.2, 0) is 16.0 Å². The molecule has 1 aliphatic rings. The van der Waals surface area contributed by atoms with Gasteiger partial charge in [-0.15, -0.1) is 0 Å². The summed E-state index contributed by atoms with van der Waals surface area (Å²) in [5, 5.41) is 2.85. The minimum atomic E-state index is -0.401. The Morgan fingerprint density at radius 3 is 2.29 bits per heavy atom. The third-order valence-corrected chi connectivity index (χ3v) is 4.96. The van der Waals surface area contributed by atoms with Crippen LogP contribution in [0.25, 0.3) is 0 Å². The van der Waals surface area contributed by atoms with Crippen molar-refractivity contribution in [3.8, 4) is 0 Å². The molecule has 1 aliphatic heterocycles. The van der Waals surface area contributed by atoms with Gasteiger partial charge in [0.25, 0.3) is 5.91 Å². The zero-order valence-corrected chi connectivity index (χ0v) is 16.4. The summed E-state index contributed by atoms with van der Waals surface area (Å²) in [6.45, 7) is 2.45. The molecule has 1 heterocycles. The maximum atomic E-state index is 12.6. The van der Waals surface area contributed by atoms with Gasteiger partial charge in [0.05, 0.1) is 5.92 Å². The second kappa shape index (κ2) is 8.25. The van der Waals surface area contributed by atoms with Crippen molar-refractivity contribution in [2.24, 2.45) is 5.92 Å². The molecule has 1 atom stereocenters. The minimum absolute atomic E-state index is 0.0451. The number of carbonyl (C=O) groups excluding carboxylic acids is 3. The fourth-order valence-electron chi connectivity index (χ4n) is 3.24. The fraction of sp³-hybridized carbons (Fsp3) is 0.318. The highest BCUT2D eigenvalue weighted by atomic mass is 16.2. The van der Waals surface area contributed by atoms with Crippen LogP contribution in [0.1, 0.15) is 29.3 Å². The molecule has 6 nitrogen and oxygen atoms in total. The predicted octanol–water partition coefficient (Wildman–Crippen LogP) is 2.94. The molecule has 2 aromatic carbocycles. The monoisotopic (exact) mass is 379 g/mol. The Morgan fingerprint density at radius 2 is 1.71 bits per heavy atom. The molecule has 1 saturated heterocycles. The number of rotatable bonds is 5. The van der Waals surface area contributed by atoms with Crippen molar-refractivity contribution in [1.29, 1.82) is 0 Å². The van der Waals surface area contributed by atoms with Crippen molar-refractivity contribution in [2.45, 2.75) is 19.8 Å². The van der Waals surface area contributed by atoms with Gasteiger partial charge in [-0.1, -0.05) is 19.1 Å². The van der Waals surface area contributed by atoms with E-state index in [1.54, 1.807) is 43.3 Å². The number of nitrogens with one attached hydrogen (secondary N) is 1. The third kappa shape index (κ3) is 4.22. The molecule has 0 aliphatic carbocycles. The number of amides is 3. The number of anilines is 2. The Balaban J connectivity index is 1.63. The lowest BCUT2D eigenvalue weighted by atomic mass is 10.1. The molecule has 146 valence electrons. The van der Waals surface area contributed by atoms with Gasteiger partial charge in [-0.2, -0.15) is 0 Å². The van der Waals surface area contributed by atoms with Crippen molar-refractivity contribution in [3.63, 3.8) is 0 Å². The first-order valence-electron chi connectivity index (χ1n) is 9.41. The van der Waals surface area contributed by atoms with Gasteiger partial charge in [-0.25, -0.2) is 0 Å². The first-order chi connectivity index (χ1) is 13.4. The average Bonchev–Trinajstić information content (AvgIpc) is 3.10. The SMILES string of the molecule is CCc1ccc(N2CC(C(=O)Nc3ccc(C(=O)N(C)C)cc3)CC2=O)cc1. The molecule has 28 heavy (non-hydrogen) atoms. The van der Waals surface area contributed by atoms with Crippen LogP contribution in [0.2, 0.25) is 0 Å². The Hall–Kier alpha value is -3.15. The van der Waals surface area contributed by atoms with Gasteiger partial charge in [0.1, 0.15) is 0 Å². The second-order valence-corrected chi connectivity index (χ2v) is 7.19. The van der Waals surface area contributed by atoms with Gasteiger partial charge in [0, 0.05) is 44.0 Å². The summed E-state index contributed by atoms with van der Waals surface area (Å²) < 4.78 is 0. The van der Waals surface area contributed by atoms with Crippen molar-refractivity contribution in [3.05, 3.63) is 59.7 Å². The van der Waals surface area contributed by atoms with Crippen molar-refractivity contribution >= 4 is 29.1 Å². The number of nitrogens with zero attached hydrogens (tertiary/aromatic N) is 2. The fourth-order valence-corrected chi connectivity index (χ4v) is 3.24. The summed E-state index contributed by atoms with van der Waals surface area (Å²) in [6.07, 6.45) is 1.14. The van der Waals surface area contributed by atoms with E-state index in [1.165, 1.54) is 10.5 Å². The molecule has 0 aromatic heterocycles.